The molecule has 9 nitrogen and oxygen atoms in total. The monoisotopic (exact) mass is 330 g/mol. The first-order valence-electron chi connectivity index (χ1n) is 7.13. The van der Waals surface area contributed by atoms with Crippen LogP contribution in [0, 0.1) is 6.92 Å². The van der Waals surface area contributed by atoms with Gasteiger partial charge in [0, 0.05) is 23.4 Å². The SMILES string of the molecule is Cc1[nH]c(N=C(N)N)nc1-c1ccc(NC(=O)CCC(=O)O)cc1. The first-order valence-corrected chi connectivity index (χ1v) is 7.13. The number of carbonyl (C=O) groups excluding carboxylic acids is 1. The van der Waals surface area contributed by atoms with E-state index in [-0.39, 0.29) is 24.7 Å². The van der Waals surface area contributed by atoms with Crippen molar-refractivity contribution in [1.29, 1.82) is 0 Å². The summed E-state index contributed by atoms with van der Waals surface area (Å²) in [6.45, 7) is 1.84. The van der Waals surface area contributed by atoms with Crippen molar-refractivity contribution in [3.63, 3.8) is 0 Å². The summed E-state index contributed by atoms with van der Waals surface area (Å²) in [6, 6.07) is 7.00. The van der Waals surface area contributed by atoms with E-state index in [1.54, 1.807) is 24.3 Å². The summed E-state index contributed by atoms with van der Waals surface area (Å²) in [5.74, 6) is -1.13. The van der Waals surface area contributed by atoms with Gasteiger partial charge in [-0.1, -0.05) is 12.1 Å². The Morgan fingerprint density at radius 3 is 2.50 bits per heavy atom. The zero-order valence-corrected chi connectivity index (χ0v) is 13.0. The van der Waals surface area contributed by atoms with E-state index in [4.69, 9.17) is 16.6 Å². The van der Waals surface area contributed by atoms with E-state index in [9.17, 15) is 9.59 Å². The molecule has 0 fully saturated rings. The molecule has 2 rings (SSSR count). The molecule has 1 aromatic carbocycles. The van der Waals surface area contributed by atoms with Crippen LogP contribution in [0.4, 0.5) is 11.6 Å². The minimum absolute atomic E-state index is 0.0720. The highest BCUT2D eigenvalue weighted by atomic mass is 16.4. The Bertz CT molecular complexity index is 775. The Balaban J connectivity index is 2.09. The number of hydrogen-bond donors (Lipinski definition) is 5. The smallest absolute Gasteiger partial charge is 0.303 e. The van der Waals surface area contributed by atoms with E-state index < -0.39 is 5.97 Å². The number of rotatable bonds is 6. The number of imidazole rings is 1. The molecule has 0 aliphatic rings. The van der Waals surface area contributed by atoms with Crippen LogP contribution in [0.5, 0.6) is 0 Å². The second-order valence-electron chi connectivity index (χ2n) is 5.09. The normalized spacial score (nSPS) is 10.2. The number of nitrogens with two attached hydrogens (primary N) is 2. The number of H-pyrrole nitrogens is 1. The minimum Gasteiger partial charge on any atom is -0.481 e. The average molecular weight is 330 g/mol. The quantitative estimate of drug-likeness (QED) is 0.394. The topological polar surface area (TPSA) is 159 Å². The predicted molar refractivity (Wildman–Crippen MR) is 89.7 cm³/mol. The summed E-state index contributed by atoms with van der Waals surface area (Å²) in [5.41, 5.74) is 13.5. The van der Waals surface area contributed by atoms with Gasteiger partial charge in [-0.3, -0.25) is 9.59 Å². The van der Waals surface area contributed by atoms with Crippen molar-refractivity contribution in [3.05, 3.63) is 30.0 Å². The maximum absolute atomic E-state index is 11.6. The number of guanidine groups is 1. The Morgan fingerprint density at radius 2 is 1.92 bits per heavy atom. The van der Waals surface area contributed by atoms with Gasteiger partial charge in [-0.25, -0.2) is 4.98 Å². The Labute approximate surface area is 137 Å². The molecule has 1 amide bonds. The molecule has 2 aromatic rings. The van der Waals surface area contributed by atoms with Gasteiger partial charge >= 0.3 is 5.97 Å². The number of carboxylic acid groups (broad SMARTS) is 1. The van der Waals surface area contributed by atoms with E-state index in [2.05, 4.69) is 20.3 Å². The van der Waals surface area contributed by atoms with Crippen molar-refractivity contribution < 1.29 is 14.7 Å². The number of aliphatic imine (C=N–C) groups is 1. The second-order valence-corrected chi connectivity index (χ2v) is 5.09. The molecule has 0 saturated heterocycles. The van der Waals surface area contributed by atoms with Crippen LogP contribution in [0.25, 0.3) is 11.3 Å². The van der Waals surface area contributed by atoms with Crippen molar-refractivity contribution in [1.82, 2.24) is 9.97 Å². The van der Waals surface area contributed by atoms with Gasteiger partial charge in [-0.05, 0) is 19.1 Å². The fraction of sp³-hybridized carbons (Fsp3) is 0.200. The van der Waals surface area contributed by atoms with Crippen molar-refractivity contribution in [2.75, 3.05) is 5.32 Å². The van der Waals surface area contributed by atoms with Gasteiger partial charge in [0.1, 0.15) is 0 Å². The van der Waals surface area contributed by atoms with Crippen molar-refractivity contribution >= 4 is 29.5 Å². The Hall–Kier alpha value is -3.36. The lowest BCUT2D eigenvalue weighted by Crippen LogP contribution is -2.22. The molecular weight excluding hydrogens is 312 g/mol. The molecule has 9 heteroatoms. The lowest BCUT2D eigenvalue weighted by molar-refractivity contribution is -0.138. The summed E-state index contributed by atoms with van der Waals surface area (Å²) in [5, 5.41) is 11.2. The molecule has 0 aliphatic carbocycles. The standard InChI is InChI=1S/C15H18N6O3/c1-8-13(20-15(18-8)21-14(16)17)9-2-4-10(5-3-9)19-11(22)6-7-12(23)24/h2-5H,6-7H2,1H3,(H,19,22)(H,23,24)(H5,16,17,18,20,21). The van der Waals surface area contributed by atoms with E-state index in [0.29, 0.717) is 17.3 Å². The van der Waals surface area contributed by atoms with E-state index in [1.807, 2.05) is 6.92 Å². The number of carboxylic acids is 1. The van der Waals surface area contributed by atoms with Gasteiger partial charge in [0.2, 0.25) is 11.9 Å². The number of nitrogens with zero attached hydrogens (tertiary/aromatic N) is 2. The van der Waals surface area contributed by atoms with Crippen LogP contribution in [-0.4, -0.2) is 32.9 Å². The highest BCUT2D eigenvalue weighted by Gasteiger charge is 2.10. The van der Waals surface area contributed by atoms with Crippen LogP contribution in [0.1, 0.15) is 18.5 Å². The summed E-state index contributed by atoms with van der Waals surface area (Å²) in [7, 11) is 0. The average Bonchev–Trinajstić information content (AvgIpc) is 2.85. The predicted octanol–water partition coefficient (Wildman–Crippen LogP) is 1.09. The lowest BCUT2D eigenvalue weighted by Gasteiger charge is -2.05. The molecule has 0 aliphatic heterocycles. The van der Waals surface area contributed by atoms with Gasteiger partial charge in [0.05, 0.1) is 12.1 Å². The van der Waals surface area contributed by atoms with Gasteiger partial charge in [-0.15, -0.1) is 0 Å². The molecule has 1 aromatic heterocycles. The van der Waals surface area contributed by atoms with Crippen LogP contribution in [0.3, 0.4) is 0 Å². The van der Waals surface area contributed by atoms with Crippen LogP contribution < -0.4 is 16.8 Å². The van der Waals surface area contributed by atoms with Crippen molar-refractivity contribution in [2.45, 2.75) is 19.8 Å². The number of anilines is 1. The van der Waals surface area contributed by atoms with E-state index in [1.165, 1.54) is 0 Å². The summed E-state index contributed by atoms with van der Waals surface area (Å²) >= 11 is 0. The van der Waals surface area contributed by atoms with Gasteiger partial charge in [0.15, 0.2) is 5.96 Å². The highest BCUT2D eigenvalue weighted by molar-refractivity contribution is 5.92. The largest absolute Gasteiger partial charge is 0.481 e. The summed E-state index contributed by atoms with van der Waals surface area (Å²) in [6.07, 6.45) is -0.276. The number of aromatic amines is 1. The minimum atomic E-state index is -1.01. The maximum Gasteiger partial charge on any atom is 0.303 e. The number of aromatic nitrogens is 2. The number of amides is 1. The fourth-order valence-electron chi connectivity index (χ4n) is 2.06. The molecule has 0 radical (unpaired) electrons. The van der Waals surface area contributed by atoms with Gasteiger partial charge in [0.25, 0.3) is 0 Å². The number of aliphatic carboxylic acids is 1. The number of carbonyl (C=O) groups is 2. The Kier molecular flexibility index (Phi) is 5.15. The van der Waals surface area contributed by atoms with Crippen LogP contribution in [0.15, 0.2) is 29.3 Å². The molecule has 0 atom stereocenters. The summed E-state index contributed by atoms with van der Waals surface area (Å²) in [4.78, 5) is 33.2. The molecular formula is C15H18N6O3. The zero-order chi connectivity index (χ0) is 17.7. The molecule has 0 spiro atoms. The molecule has 1 heterocycles. The van der Waals surface area contributed by atoms with Crippen LogP contribution in [0.2, 0.25) is 0 Å². The molecule has 126 valence electrons. The van der Waals surface area contributed by atoms with Gasteiger partial charge in [-0.2, -0.15) is 4.99 Å². The molecule has 24 heavy (non-hydrogen) atoms. The van der Waals surface area contributed by atoms with E-state index >= 15 is 0 Å². The number of aryl methyl sites for hydroxylation is 1. The zero-order valence-electron chi connectivity index (χ0n) is 13.0. The summed E-state index contributed by atoms with van der Waals surface area (Å²) < 4.78 is 0. The molecule has 0 saturated carbocycles. The van der Waals surface area contributed by atoms with Crippen molar-refractivity contribution in [2.24, 2.45) is 16.5 Å². The molecule has 0 unspecified atom stereocenters. The first-order chi connectivity index (χ1) is 11.3. The highest BCUT2D eigenvalue weighted by Crippen LogP contribution is 2.25. The molecule has 0 bridgehead atoms. The van der Waals surface area contributed by atoms with Crippen molar-refractivity contribution in [3.8, 4) is 11.3 Å². The first kappa shape index (κ1) is 17.0. The van der Waals surface area contributed by atoms with E-state index in [0.717, 1.165) is 11.3 Å². The third-order valence-corrected chi connectivity index (χ3v) is 3.12. The number of benzene rings is 1. The van der Waals surface area contributed by atoms with Crippen LogP contribution in [-0.2, 0) is 9.59 Å². The lowest BCUT2D eigenvalue weighted by atomic mass is 10.1. The number of nitrogens with one attached hydrogen (secondary N) is 2. The molecule has 7 N–H and O–H groups in total. The number of hydrogen-bond acceptors (Lipinski definition) is 4. The fourth-order valence-corrected chi connectivity index (χ4v) is 2.06. The third kappa shape index (κ3) is 4.57. The maximum atomic E-state index is 11.6. The second kappa shape index (κ2) is 7.27. The Morgan fingerprint density at radius 1 is 1.25 bits per heavy atom. The third-order valence-electron chi connectivity index (χ3n) is 3.12. The van der Waals surface area contributed by atoms with Gasteiger partial charge < -0.3 is 26.9 Å². The van der Waals surface area contributed by atoms with Crippen LogP contribution >= 0.6 is 0 Å².